The van der Waals surface area contributed by atoms with Gasteiger partial charge in [0.05, 0.1) is 0 Å². The Morgan fingerprint density at radius 2 is 1.22 bits per heavy atom. The first-order valence-corrected chi connectivity index (χ1v) is 7.06. The van der Waals surface area contributed by atoms with Crippen molar-refractivity contribution in [3.8, 4) is 22.3 Å². The van der Waals surface area contributed by atoms with E-state index in [4.69, 9.17) is 0 Å². The van der Waals surface area contributed by atoms with E-state index < -0.39 is 11.6 Å². The molecule has 0 radical (unpaired) electrons. The maximum atomic E-state index is 14.4. The maximum Gasteiger partial charge on any atom is 0.131 e. The molecule has 0 unspecified atom stereocenters. The highest BCUT2D eigenvalue weighted by molar-refractivity contribution is 5.72. The van der Waals surface area contributed by atoms with Gasteiger partial charge >= 0.3 is 0 Å². The zero-order valence-electron chi connectivity index (χ0n) is 12.2. The van der Waals surface area contributed by atoms with E-state index in [2.05, 4.69) is 6.58 Å². The molecule has 0 heterocycles. The summed E-state index contributed by atoms with van der Waals surface area (Å²) in [5, 5.41) is 0. The van der Waals surface area contributed by atoms with Gasteiger partial charge in [0.25, 0.3) is 0 Å². The van der Waals surface area contributed by atoms with E-state index >= 15 is 0 Å². The van der Waals surface area contributed by atoms with Crippen molar-refractivity contribution in [3.05, 3.63) is 90.3 Å². The van der Waals surface area contributed by atoms with Crippen LogP contribution < -0.4 is 0 Å². The topological polar surface area (TPSA) is 0 Å². The van der Waals surface area contributed by atoms with Crippen LogP contribution in [0.15, 0.2) is 67.2 Å². The van der Waals surface area contributed by atoms with Gasteiger partial charge in [0.15, 0.2) is 0 Å². The van der Waals surface area contributed by atoms with Crippen molar-refractivity contribution in [1.82, 2.24) is 0 Å². The number of halogens is 3. The fourth-order valence-corrected chi connectivity index (χ4v) is 2.44. The molecule has 0 saturated carbocycles. The van der Waals surface area contributed by atoms with Crippen LogP contribution in [0.1, 0.15) is 5.56 Å². The lowest BCUT2D eigenvalue weighted by molar-refractivity contribution is 0.624. The summed E-state index contributed by atoms with van der Waals surface area (Å²) < 4.78 is 41.4. The lowest BCUT2D eigenvalue weighted by Gasteiger charge is -2.08. The molecule has 0 atom stereocenters. The smallest absolute Gasteiger partial charge is 0.131 e. The van der Waals surface area contributed by atoms with Gasteiger partial charge < -0.3 is 0 Å². The molecule has 0 aliphatic heterocycles. The van der Waals surface area contributed by atoms with Crippen molar-refractivity contribution in [3.63, 3.8) is 0 Å². The van der Waals surface area contributed by atoms with Gasteiger partial charge in [0.1, 0.15) is 17.5 Å². The van der Waals surface area contributed by atoms with Crippen molar-refractivity contribution < 1.29 is 13.2 Å². The second-order valence-electron chi connectivity index (χ2n) is 5.14. The number of hydrogen-bond donors (Lipinski definition) is 0. The Morgan fingerprint density at radius 3 is 1.83 bits per heavy atom. The van der Waals surface area contributed by atoms with Crippen molar-refractivity contribution in [2.75, 3.05) is 0 Å². The maximum absolute atomic E-state index is 14.4. The summed E-state index contributed by atoms with van der Waals surface area (Å²) in [5.74, 6) is -1.30. The largest absolute Gasteiger partial charge is 0.207 e. The van der Waals surface area contributed by atoms with Crippen molar-refractivity contribution in [1.29, 1.82) is 0 Å². The molecule has 0 spiro atoms. The van der Waals surface area contributed by atoms with E-state index in [-0.39, 0.29) is 5.82 Å². The summed E-state index contributed by atoms with van der Waals surface area (Å²) >= 11 is 0. The van der Waals surface area contributed by atoms with Gasteiger partial charge in [-0.2, -0.15) is 0 Å². The van der Waals surface area contributed by atoms with Crippen molar-refractivity contribution in [2.45, 2.75) is 0 Å². The first-order chi connectivity index (χ1) is 11.1. The number of rotatable bonds is 3. The molecule has 0 aliphatic rings. The summed E-state index contributed by atoms with van der Waals surface area (Å²) in [6.45, 7) is 3.59. The molecule has 3 aromatic carbocycles. The Morgan fingerprint density at radius 1 is 0.652 bits per heavy atom. The van der Waals surface area contributed by atoms with Gasteiger partial charge in [-0.1, -0.05) is 49.1 Å². The third kappa shape index (κ3) is 3.04. The molecule has 0 aliphatic carbocycles. The second-order valence-corrected chi connectivity index (χ2v) is 5.14. The van der Waals surface area contributed by atoms with Gasteiger partial charge in [0.2, 0.25) is 0 Å². The summed E-state index contributed by atoms with van der Waals surface area (Å²) in [5.41, 5.74) is 2.34. The fraction of sp³-hybridized carbons (Fsp3) is 0. The van der Waals surface area contributed by atoms with E-state index in [1.165, 1.54) is 36.4 Å². The van der Waals surface area contributed by atoms with Crippen molar-refractivity contribution >= 4 is 6.08 Å². The van der Waals surface area contributed by atoms with E-state index in [0.29, 0.717) is 27.8 Å². The van der Waals surface area contributed by atoms with E-state index in [0.717, 1.165) is 0 Å². The molecule has 0 amide bonds. The van der Waals surface area contributed by atoms with E-state index in [1.807, 2.05) is 0 Å². The zero-order valence-corrected chi connectivity index (χ0v) is 12.2. The minimum Gasteiger partial charge on any atom is -0.207 e. The van der Waals surface area contributed by atoms with Crippen LogP contribution in [-0.4, -0.2) is 0 Å². The zero-order chi connectivity index (χ0) is 16.4. The molecule has 0 aromatic heterocycles. The fourth-order valence-electron chi connectivity index (χ4n) is 2.44. The summed E-state index contributed by atoms with van der Waals surface area (Å²) in [7, 11) is 0. The highest BCUT2D eigenvalue weighted by atomic mass is 19.1. The molecule has 3 aromatic rings. The third-order valence-electron chi connectivity index (χ3n) is 3.66. The Hall–Kier alpha value is -2.81. The van der Waals surface area contributed by atoms with Crippen LogP contribution in [0.25, 0.3) is 28.3 Å². The van der Waals surface area contributed by atoms with E-state index in [9.17, 15) is 13.2 Å². The molecule has 0 N–H and O–H groups in total. The van der Waals surface area contributed by atoms with Crippen molar-refractivity contribution in [2.24, 2.45) is 0 Å². The van der Waals surface area contributed by atoms with Gasteiger partial charge in [-0.15, -0.1) is 0 Å². The normalized spacial score (nSPS) is 10.6. The highest BCUT2D eigenvalue weighted by Crippen LogP contribution is 2.30. The standard InChI is InChI=1S/C20H13F3/c1-2-13-3-9-18(19(22)11-13)15-6-10-17(20(23)12-15)14-4-7-16(21)8-5-14/h2-12H,1H2. The lowest BCUT2D eigenvalue weighted by Crippen LogP contribution is -1.90. The molecular formula is C20H13F3. The molecule has 3 rings (SSSR count). The molecule has 0 fully saturated rings. The first-order valence-electron chi connectivity index (χ1n) is 7.06. The van der Waals surface area contributed by atoms with Crippen LogP contribution in [0.3, 0.4) is 0 Å². The van der Waals surface area contributed by atoms with Gasteiger partial charge in [-0.25, -0.2) is 13.2 Å². The Labute approximate surface area is 132 Å². The predicted octanol–water partition coefficient (Wildman–Crippen LogP) is 6.08. The predicted molar refractivity (Wildman–Crippen MR) is 87.3 cm³/mol. The molecule has 23 heavy (non-hydrogen) atoms. The quantitative estimate of drug-likeness (QED) is 0.550. The van der Waals surface area contributed by atoms with E-state index in [1.54, 1.807) is 30.3 Å². The molecule has 3 heteroatoms. The Kier molecular flexibility index (Phi) is 4.02. The Bertz CT molecular complexity index is 865. The minimum absolute atomic E-state index is 0.320. The van der Waals surface area contributed by atoms with Crippen LogP contribution in [0.4, 0.5) is 13.2 Å². The van der Waals surface area contributed by atoms with Crippen LogP contribution in [-0.2, 0) is 0 Å². The minimum atomic E-state index is -0.485. The molecule has 0 saturated heterocycles. The van der Waals surface area contributed by atoms with Gasteiger partial charge in [-0.3, -0.25) is 0 Å². The summed E-state index contributed by atoms with van der Waals surface area (Å²) in [4.78, 5) is 0. The SMILES string of the molecule is C=Cc1ccc(-c2ccc(-c3ccc(F)cc3)c(F)c2)c(F)c1. The van der Waals surface area contributed by atoms with Crippen LogP contribution >= 0.6 is 0 Å². The molecule has 0 nitrogen and oxygen atoms in total. The average Bonchev–Trinajstić information content (AvgIpc) is 2.55. The first kappa shape index (κ1) is 15.1. The summed E-state index contributed by atoms with van der Waals surface area (Å²) in [6, 6.07) is 14.7. The van der Waals surface area contributed by atoms with Gasteiger partial charge in [-0.05, 0) is 41.0 Å². The molecule has 0 bridgehead atoms. The van der Waals surface area contributed by atoms with Crippen LogP contribution in [0.5, 0.6) is 0 Å². The highest BCUT2D eigenvalue weighted by Gasteiger charge is 2.10. The van der Waals surface area contributed by atoms with Crippen LogP contribution in [0.2, 0.25) is 0 Å². The number of benzene rings is 3. The monoisotopic (exact) mass is 310 g/mol. The van der Waals surface area contributed by atoms with Gasteiger partial charge in [0, 0.05) is 11.1 Å². The average molecular weight is 310 g/mol. The molecule has 114 valence electrons. The number of hydrogen-bond acceptors (Lipinski definition) is 0. The Balaban J connectivity index is 2.02. The third-order valence-corrected chi connectivity index (χ3v) is 3.66. The van der Waals surface area contributed by atoms with Crippen LogP contribution in [0, 0.1) is 17.5 Å². The lowest BCUT2D eigenvalue weighted by atomic mass is 9.98. The second kappa shape index (κ2) is 6.13. The molecular weight excluding hydrogens is 297 g/mol. The summed E-state index contributed by atoms with van der Waals surface area (Å²) in [6.07, 6.45) is 1.55.